The molecular formula is C22H37BrO2. The summed E-state index contributed by atoms with van der Waals surface area (Å²) in [5.74, 6) is 2.32. The van der Waals surface area contributed by atoms with E-state index in [1.165, 1.54) is 37.7 Å². The Balaban J connectivity index is 1.69. The lowest BCUT2D eigenvalue weighted by Crippen LogP contribution is -2.45. The van der Waals surface area contributed by atoms with Gasteiger partial charge in [0.15, 0.2) is 6.29 Å². The van der Waals surface area contributed by atoms with Crippen molar-refractivity contribution in [2.24, 2.45) is 28.6 Å². The number of hydrogen-bond donors (Lipinski definition) is 1. The summed E-state index contributed by atoms with van der Waals surface area (Å²) in [6.07, 6.45) is 8.44. The maximum atomic E-state index is 10.2. The van der Waals surface area contributed by atoms with Gasteiger partial charge in [-0.15, -0.1) is 0 Å². The predicted octanol–water partition coefficient (Wildman–Crippen LogP) is 6.07. The summed E-state index contributed by atoms with van der Waals surface area (Å²) in [6.45, 7) is 11.7. The molecule has 3 heteroatoms. The topological polar surface area (TPSA) is 29.5 Å². The van der Waals surface area contributed by atoms with Crippen LogP contribution in [-0.2, 0) is 4.74 Å². The normalized spacial score (nSPS) is 45.5. The molecule has 0 spiro atoms. The average Bonchev–Trinajstić information content (AvgIpc) is 3.08. The Kier molecular flexibility index (Phi) is 5.79. The van der Waals surface area contributed by atoms with Crippen molar-refractivity contribution in [3.63, 3.8) is 0 Å². The zero-order valence-electron chi connectivity index (χ0n) is 16.8. The number of fused-ring (bicyclic) bond motifs is 1. The summed E-state index contributed by atoms with van der Waals surface area (Å²) < 4.78 is 5.89. The highest BCUT2D eigenvalue weighted by Crippen LogP contribution is 2.64. The van der Waals surface area contributed by atoms with E-state index in [2.05, 4.69) is 50.5 Å². The number of ether oxygens (including phenoxy) is 1. The van der Waals surface area contributed by atoms with Crippen molar-refractivity contribution < 1.29 is 9.84 Å². The van der Waals surface area contributed by atoms with Crippen molar-refractivity contribution in [2.75, 3.05) is 5.33 Å². The Morgan fingerprint density at radius 1 is 1.28 bits per heavy atom. The molecule has 4 unspecified atom stereocenters. The van der Waals surface area contributed by atoms with Crippen LogP contribution in [0.2, 0.25) is 0 Å². The molecule has 2 aliphatic carbocycles. The van der Waals surface area contributed by atoms with Crippen LogP contribution in [0.4, 0.5) is 0 Å². The van der Waals surface area contributed by atoms with E-state index in [4.69, 9.17) is 4.74 Å². The van der Waals surface area contributed by atoms with E-state index in [1.54, 1.807) is 0 Å². The predicted molar refractivity (Wildman–Crippen MR) is 108 cm³/mol. The van der Waals surface area contributed by atoms with E-state index >= 15 is 0 Å². The second-order valence-corrected chi connectivity index (χ2v) is 10.5. The molecule has 25 heavy (non-hydrogen) atoms. The number of halogens is 1. The van der Waals surface area contributed by atoms with Crippen LogP contribution in [-0.4, -0.2) is 22.8 Å². The second-order valence-electron chi connectivity index (χ2n) is 9.94. The summed E-state index contributed by atoms with van der Waals surface area (Å²) in [7, 11) is 0. The molecule has 0 aromatic carbocycles. The van der Waals surface area contributed by atoms with Gasteiger partial charge >= 0.3 is 0 Å². The molecule has 2 nitrogen and oxygen atoms in total. The molecule has 3 aliphatic rings. The van der Waals surface area contributed by atoms with E-state index < -0.39 is 6.29 Å². The molecular weight excluding hydrogens is 376 g/mol. The fraction of sp³-hybridized carbons (Fsp3) is 0.909. The Labute approximate surface area is 162 Å². The third kappa shape index (κ3) is 3.50. The molecule has 3 rings (SSSR count). The van der Waals surface area contributed by atoms with Gasteiger partial charge in [-0.2, -0.15) is 0 Å². The van der Waals surface area contributed by atoms with E-state index in [0.717, 1.165) is 35.6 Å². The van der Waals surface area contributed by atoms with Crippen LogP contribution >= 0.6 is 15.9 Å². The average molecular weight is 413 g/mol. The molecule has 3 fully saturated rings. The van der Waals surface area contributed by atoms with Crippen molar-refractivity contribution in [3.05, 3.63) is 11.1 Å². The molecule has 0 aromatic heterocycles. The molecule has 0 amide bonds. The maximum absolute atomic E-state index is 10.2. The van der Waals surface area contributed by atoms with Gasteiger partial charge in [-0.1, -0.05) is 48.7 Å². The first-order valence-corrected chi connectivity index (χ1v) is 11.4. The standard InChI is InChI=1S/C22H37BrO2/c1-14(2)17-12-16(25-20(17)24)11-15(3)18-7-8-19-21(4,13-23)9-6-10-22(18,19)5/h15-16,18-20,24H,6-13H2,1-5H3/t15-,16?,18-,19?,20?,21?,22-/m1/s1. The van der Waals surface area contributed by atoms with Crippen molar-refractivity contribution >= 4 is 15.9 Å². The molecule has 2 saturated carbocycles. The summed E-state index contributed by atoms with van der Waals surface area (Å²) in [4.78, 5) is 0. The monoisotopic (exact) mass is 412 g/mol. The lowest BCUT2D eigenvalue weighted by molar-refractivity contribution is -0.0869. The minimum absolute atomic E-state index is 0.198. The first kappa shape index (κ1) is 19.9. The third-order valence-electron chi connectivity index (χ3n) is 8.05. The third-order valence-corrected chi connectivity index (χ3v) is 9.33. The summed E-state index contributed by atoms with van der Waals surface area (Å²) in [5, 5.41) is 11.3. The van der Waals surface area contributed by atoms with Gasteiger partial charge in [-0.25, -0.2) is 0 Å². The van der Waals surface area contributed by atoms with Crippen molar-refractivity contribution in [1.82, 2.24) is 0 Å². The molecule has 0 bridgehead atoms. The Morgan fingerprint density at radius 3 is 2.60 bits per heavy atom. The van der Waals surface area contributed by atoms with Crippen molar-refractivity contribution in [3.8, 4) is 0 Å². The highest BCUT2D eigenvalue weighted by Gasteiger charge is 2.56. The zero-order valence-corrected chi connectivity index (χ0v) is 18.4. The minimum atomic E-state index is -0.666. The van der Waals surface area contributed by atoms with Gasteiger partial charge in [0, 0.05) is 5.33 Å². The lowest BCUT2D eigenvalue weighted by Gasteiger charge is -2.51. The van der Waals surface area contributed by atoms with Crippen LogP contribution in [0.3, 0.4) is 0 Å². The van der Waals surface area contributed by atoms with Gasteiger partial charge in [0.05, 0.1) is 6.10 Å². The first-order chi connectivity index (χ1) is 11.7. The molecule has 0 radical (unpaired) electrons. The number of allylic oxidation sites excluding steroid dienone is 1. The van der Waals surface area contributed by atoms with Crippen LogP contribution in [0.25, 0.3) is 0 Å². The molecule has 1 saturated heterocycles. The van der Waals surface area contributed by atoms with Gasteiger partial charge in [-0.05, 0) is 86.5 Å². The van der Waals surface area contributed by atoms with E-state index in [1.807, 2.05) is 0 Å². The van der Waals surface area contributed by atoms with Crippen molar-refractivity contribution in [2.45, 2.75) is 92.0 Å². The van der Waals surface area contributed by atoms with Gasteiger partial charge in [-0.3, -0.25) is 0 Å². The van der Waals surface area contributed by atoms with Gasteiger partial charge in [0.25, 0.3) is 0 Å². The smallest absolute Gasteiger partial charge is 0.177 e. The first-order valence-electron chi connectivity index (χ1n) is 10.3. The van der Waals surface area contributed by atoms with Gasteiger partial charge in [0.1, 0.15) is 0 Å². The largest absolute Gasteiger partial charge is 0.364 e. The van der Waals surface area contributed by atoms with Gasteiger partial charge in [0.2, 0.25) is 0 Å². The zero-order chi connectivity index (χ0) is 18.4. The highest BCUT2D eigenvalue weighted by atomic mass is 79.9. The van der Waals surface area contributed by atoms with E-state index in [0.29, 0.717) is 16.7 Å². The Hall–Kier alpha value is 0.140. The molecule has 1 aliphatic heterocycles. The number of hydrogen-bond acceptors (Lipinski definition) is 2. The van der Waals surface area contributed by atoms with Crippen LogP contribution in [0.1, 0.15) is 79.6 Å². The van der Waals surface area contributed by atoms with E-state index in [9.17, 15) is 5.11 Å². The molecule has 7 atom stereocenters. The number of aliphatic hydroxyl groups excluding tert-OH is 1. The SMILES string of the molecule is CC(C)=C1CC(C[C@@H](C)[C@H]2CCC3C(C)(CBr)CCC[C@@]32C)OC1O. The highest BCUT2D eigenvalue weighted by molar-refractivity contribution is 9.09. The fourth-order valence-electron chi connectivity index (χ4n) is 6.74. The van der Waals surface area contributed by atoms with Gasteiger partial charge < -0.3 is 9.84 Å². The Morgan fingerprint density at radius 2 is 2.00 bits per heavy atom. The quantitative estimate of drug-likeness (QED) is 0.448. The van der Waals surface area contributed by atoms with E-state index in [-0.39, 0.29) is 6.10 Å². The number of rotatable bonds is 4. The Bertz CT molecular complexity index is 526. The second kappa shape index (κ2) is 7.28. The van der Waals surface area contributed by atoms with Crippen LogP contribution in [0.15, 0.2) is 11.1 Å². The lowest BCUT2D eigenvalue weighted by atomic mass is 9.54. The molecule has 144 valence electrons. The number of aliphatic hydroxyl groups is 1. The number of alkyl halides is 1. The fourth-order valence-corrected chi connectivity index (χ4v) is 7.41. The van der Waals surface area contributed by atoms with Crippen LogP contribution < -0.4 is 0 Å². The van der Waals surface area contributed by atoms with Crippen molar-refractivity contribution in [1.29, 1.82) is 0 Å². The minimum Gasteiger partial charge on any atom is -0.364 e. The summed E-state index contributed by atoms with van der Waals surface area (Å²) >= 11 is 3.83. The summed E-state index contributed by atoms with van der Waals surface area (Å²) in [6, 6.07) is 0. The molecule has 0 aromatic rings. The maximum Gasteiger partial charge on any atom is 0.177 e. The molecule has 1 heterocycles. The van der Waals surface area contributed by atoms with Crippen LogP contribution in [0, 0.1) is 28.6 Å². The molecule has 1 N–H and O–H groups in total. The summed E-state index contributed by atoms with van der Waals surface area (Å²) in [5.41, 5.74) is 3.28. The van der Waals surface area contributed by atoms with Crippen LogP contribution in [0.5, 0.6) is 0 Å².